The molecule has 3 N–H and O–H groups in total. The van der Waals surface area contributed by atoms with Gasteiger partial charge in [-0.25, -0.2) is 4.99 Å². The van der Waals surface area contributed by atoms with Gasteiger partial charge in [0.05, 0.1) is 13.7 Å². The molecule has 0 saturated carbocycles. The predicted octanol–water partition coefficient (Wildman–Crippen LogP) is 4.87. The van der Waals surface area contributed by atoms with Gasteiger partial charge in [0.25, 0.3) is 6.02 Å². The van der Waals surface area contributed by atoms with Crippen molar-refractivity contribution >= 4 is 17.4 Å². The number of ether oxygens (including phenoxy) is 3. The van der Waals surface area contributed by atoms with Crippen LogP contribution in [-0.4, -0.2) is 26.3 Å². The average Bonchev–Trinajstić information content (AvgIpc) is 3.21. The van der Waals surface area contributed by atoms with Gasteiger partial charge in [-0.15, -0.1) is 0 Å². The number of nitrogens with zero attached hydrogens (tertiary/aromatic N) is 1. The van der Waals surface area contributed by atoms with Crippen molar-refractivity contribution in [2.24, 2.45) is 10.7 Å². The van der Waals surface area contributed by atoms with Crippen molar-refractivity contribution in [3.63, 3.8) is 0 Å². The third-order valence-corrected chi connectivity index (χ3v) is 5.61. The number of nitrogens with one attached hydrogen (secondary N) is 1. The molecule has 1 heterocycles. The highest BCUT2D eigenvalue weighted by atomic mass is 16.5. The Morgan fingerprint density at radius 1 is 1.03 bits per heavy atom. The van der Waals surface area contributed by atoms with Crippen LogP contribution in [0.4, 0.5) is 11.4 Å². The second kappa shape index (κ2) is 9.32. The van der Waals surface area contributed by atoms with Crippen LogP contribution in [0.1, 0.15) is 29.2 Å². The molecule has 32 heavy (non-hydrogen) atoms. The lowest BCUT2D eigenvalue weighted by Crippen LogP contribution is -2.27. The minimum atomic E-state index is -0.754. The lowest BCUT2D eigenvalue weighted by molar-refractivity contribution is 0.134. The van der Waals surface area contributed by atoms with E-state index in [-0.39, 0.29) is 6.02 Å². The summed E-state index contributed by atoms with van der Waals surface area (Å²) in [6.45, 7) is 5.49. The fourth-order valence-corrected chi connectivity index (χ4v) is 4.02. The van der Waals surface area contributed by atoms with Crippen molar-refractivity contribution in [2.45, 2.75) is 26.0 Å². The Labute approximate surface area is 189 Å². The van der Waals surface area contributed by atoms with Crippen LogP contribution < -0.4 is 15.8 Å². The monoisotopic (exact) mass is 431 g/mol. The van der Waals surface area contributed by atoms with E-state index in [2.05, 4.69) is 29.6 Å². The summed E-state index contributed by atoms with van der Waals surface area (Å²) in [4.78, 5) is 4.79. The van der Waals surface area contributed by atoms with Gasteiger partial charge in [0.15, 0.2) is 5.54 Å². The van der Waals surface area contributed by atoms with Crippen molar-refractivity contribution in [2.75, 3.05) is 25.6 Å². The summed E-state index contributed by atoms with van der Waals surface area (Å²) in [6.07, 6.45) is 0. The molecular weight excluding hydrogens is 402 g/mol. The van der Waals surface area contributed by atoms with Crippen LogP contribution >= 0.6 is 0 Å². The first-order chi connectivity index (χ1) is 15.5. The Morgan fingerprint density at radius 2 is 1.84 bits per heavy atom. The number of benzene rings is 3. The topological polar surface area (TPSA) is 78.1 Å². The van der Waals surface area contributed by atoms with Crippen LogP contribution in [0.25, 0.3) is 0 Å². The molecule has 0 aromatic heterocycles. The Morgan fingerprint density at radius 3 is 2.50 bits per heavy atom. The van der Waals surface area contributed by atoms with E-state index in [0.29, 0.717) is 19.8 Å². The summed E-state index contributed by atoms with van der Waals surface area (Å²) < 4.78 is 16.9. The number of hydrogen-bond acceptors (Lipinski definition) is 6. The minimum absolute atomic E-state index is 0.186. The highest BCUT2D eigenvalue weighted by Gasteiger charge is 2.40. The number of aliphatic imine (C=N–C) groups is 1. The molecule has 1 aliphatic rings. The van der Waals surface area contributed by atoms with Crippen molar-refractivity contribution in [3.8, 4) is 5.75 Å². The van der Waals surface area contributed by atoms with Crippen molar-refractivity contribution in [1.82, 2.24) is 0 Å². The summed E-state index contributed by atoms with van der Waals surface area (Å²) in [6, 6.07) is 22.7. The number of rotatable bonds is 8. The zero-order chi connectivity index (χ0) is 22.6. The Kier molecular flexibility index (Phi) is 6.32. The minimum Gasteiger partial charge on any atom is -0.496 e. The summed E-state index contributed by atoms with van der Waals surface area (Å²) in [5.74, 6) is 0.830. The van der Waals surface area contributed by atoms with E-state index in [1.165, 1.54) is 0 Å². The van der Waals surface area contributed by atoms with E-state index < -0.39 is 5.54 Å². The first-order valence-corrected chi connectivity index (χ1v) is 10.7. The quantitative estimate of drug-likeness (QED) is 0.532. The van der Waals surface area contributed by atoms with Gasteiger partial charge in [0.1, 0.15) is 12.4 Å². The summed E-state index contributed by atoms with van der Waals surface area (Å²) in [5, 5.41) is 3.50. The van der Waals surface area contributed by atoms with Crippen LogP contribution in [0.15, 0.2) is 71.7 Å². The van der Waals surface area contributed by atoms with Crippen LogP contribution in [-0.2, 0) is 21.6 Å². The third-order valence-electron chi connectivity index (χ3n) is 5.61. The maximum absolute atomic E-state index is 6.02. The molecule has 6 heteroatoms. The predicted molar refractivity (Wildman–Crippen MR) is 128 cm³/mol. The molecule has 0 amide bonds. The van der Waals surface area contributed by atoms with Gasteiger partial charge in [-0.2, -0.15) is 0 Å². The van der Waals surface area contributed by atoms with Gasteiger partial charge in [-0.3, -0.25) is 0 Å². The van der Waals surface area contributed by atoms with E-state index in [1.54, 1.807) is 7.11 Å². The highest BCUT2D eigenvalue weighted by molar-refractivity contribution is 5.76. The standard InChI is InChI=1S/C26H29N3O3/c1-4-31-16-19-13-21(15-23(14-19)28-22-8-6-5-7-9-22)26(17-32-25(27)29-26)20-10-11-24(30-3)18(2)12-20/h5-15,28H,4,16-17H2,1-3H3,(H2,27,29)/t26-/m0/s1. The fourth-order valence-electron chi connectivity index (χ4n) is 4.02. The molecule has 0 radical (unpaired) electrons. The molecule has 3 aromatic carbocycles. The SMILES string of the molecule is CCOCc1cc(Nc2ccccc2)cc([C@@]2(c3ccc(OC)c(C)c3)COC(N)=N2)c1. The summed E-state index contributed by atoms with van der Waals surface area (Å²) >= 11 is 0. The second-order valence-electron chi connectivity index (χ2n) is 7.83. The van der Waals surface area contributed by atoms with Crippen LogP contribution in [0, 0.1) is 6.92 Å². The number of hydrogen-bond donors (Lipinski definition) is 2. The molecule has 1 aliphatic heterocycles. The number of nitrogens with two attached hydrogens (primary N) is 1. The number of para-hydroxylation sites is 1. The summed E-state index contributed by atoms with van der Waals surface area (Å²) in [7, 11) is 1.67. The van der Waals surface area contributed by atoms with Gasteiger partial charge in [-0.05, 0) is 72.5 Å². The lowest BCUT2D eigenvalue weighted by atomic mass is 9.82. The van der Waals surface area contributed by atoms with E-state index in [9.17, 15) is 0 Å². The number of methoxy groups -OCH3 is 1. The molecule has 166 valence electrons. The molecular formula is C26H29N3O3. The first kappa shape index (κ1) is 21.7. The zero-order valence-electron chi connectivity index (χ0n) is 18.7. The second-order valence-corrected chi connectivity index (χ2v) is 7.83. The Hall–Kier alpha value is -3.51. The number of amidine groups is 1. The molecule has 0 spiro atoms. The number of aryl methyl sites for hydroxylation is 1. The molecule has 0 aliphatic carbocycles. The average molecular weight is 432 g/mol. The zero-order valence-corrected chi connectivity index (χ0v) is 18.7. The van der Waals surface area contributed by atoms with Gasteiger partial charge in [0.2, 0.25) is 0 Å². The van der Waals surface area contributed by atoms with Gasteiger partial charge >= 0.3 is 0 Å². The smallest absolute Gasteiger partial charge is 0.283 e. The third kappa shape index (κ3) is 4.41. The van der Waals surface area contributed by atoms with Crippen LogP contribution in [0.2, 0.25) is 0 Å². The van der Waals surface area contributed by atoms with E-state index in [0.717, 1.165) is 39.4 Å². The number of anilines is 2. The van der Waals surface area contributed by atoms with Crippen LogP contribution in [0.3, 0.4) is 0 Å². The maximum atomic E-state index is 6.02. The van der Waals surface area contributed by atoms with Gasteiger partial charge < -0.3 is 25.3 Å². The fraction of sp³-hybridized carbons (Fsp3) is 0.269. The molecule has 3 aromatic rings. The van der Waals surface area contributed by atoms with Gasteiger partial charge in [0, 0.05) is 18.0 Å². The largest absolute Gasteiger partial charge is 0.496 e. The van der Waals surface area contributed by atoms with Crippen LogP contribution in [0.5, 0.6) is 5.75 Å². The van der Waals surface area contributed by atoms with Crippen molar-refractivity contribution < 1.29 is 14.2 Å². The first-order valence-electron chi connectivity index (χ1n) is 10.7. The Balaban J connectivity index is 1.83. The maximum Gasteiger partial charge on any atom is 0.283 e. The molecule has 1 atom stereocenters. The molecule has 4 rings (SSSR count). The molecule has 0 fully saturated rings. The normalized spacial score (nSPS) is 17.5. The molecule has 0 bridgehead atoms. The molecule has 0 saturated heterocycles. The lowest BCUT2D eigenvalue weighted by Gasteiger charge is -2.27. The van der Waals surface area contributed by atoms with Crippen molar-refractivity contribution in [3.05, 3.63) is 89.0 Å². The molecule has 0 unspecified atom stereocenters. The van der Waals surface area contributed by atoms with E-state index in [1.807, 2.05) is 56.3 Å². The van der Waals surface area contributed by atoms with E-state index in [4.69, 9.17) is 24.9 Å². The Bertz CT molecular complexity index is 1110. The van der Waals surface area contributed by atoms with Gasteiger partial charge in [-0.1, -0.05) is 30.3 Å². The highest BCUT2D eigenvalue weighted by Crippen LogP contribution is 2.40. The molecule has 6 nitrogen and oxygen atoms in total. The summed E-state index contributed by atoms with van der Waals surface area (Å²) in [5.41, 5.74) is 11.3. The van der Waals surface area contributed by atoms with E-state index >= 15 is 0 Å². The van der Waals surface area contributed by atoms with Crippen molar-refractivity contribution in [1.29, 1.82) is 0 Å².